The van der Waals surface area contributed by atoms with Gasteiger partial charge in [0, 0.05) is 15.0 Å². The monoisotopic (exact) mass is 478 g/mol. The first-order chi connectivity index (χ1) is 11.1. The maximum absolute atomic E-state index is 12.4. The Labute approximate surface area is 153 Å². The van der Waals surface area contributed by atoms with Crippen LogP contribution in [0.15, 0.2) is 50.2 Å². The van der Waals surface area contributed by atoms with Crippen LogP contribution in [0.3, 0.4) is 0 Å². The van der Waals surface area contributed by atoms with E-state index >= 15 is 0 Å². The van der Waals surface area contributed by atoms with E-state index in [-0.39, 0.29) is 20.6 Å². The van der Waals surface area contributed by atoms with E-state index in [0.717, 1.165) is 12.1 Å². The molecule has 2 aromatic carbocycles. The molecule has 0 aliphatic heterocycles. The highest BCUT2D eigenvalue weighted by Gasteiger charge is 2.23. The van der Waals surface area contributed by atoms with Gasteiger partial charge >= 0.3 is 5.97 Å². The molecule has 0 atom stereocenters. The first-order valence-electron chi connectivity index (χ1n) is 6.11. The molecule has 0 radical (unpaired) electrons. The molecule has 2 rings (SSSR count). The van der Waals surface area contributed by atoms with E-state index in [1.54, 1.807) is 0 Å². The van der Waals surface area contributed by atoms with E-state index in [1.165, 1.54) is 24.3 Å². The minimum absolute atomic E-state index is 0.211. The molecule has 0 unspecified atom stereocenters. The summed E-state index contributed by atoms with van der Waals surface area (Å²) in [7, 11) is -4.22. The van der Waals surface area contributed by atoms with E-state index in [0.29, 0.717) is 4.47 Å². The molecular weight excluding hydrogens is 472 g/mol. The second-order valence-corrected chi connectivity index (χ2v) is 7.92. The van der Waals surface area contributed by atoms with E-state index in [2.05, 4.69) is 36.6 Å². The highest BCUT2D eigenvalue weighted by Crippen LogP contribution is 2.30. The zero-order valence-corrected chi connectivity index (χ0v) is 15.6. The third-order valence-electron chi connectivity index (χ3n) is 2.88. The number of nitro benzene ring substituents is 1. The van der Waals surface area contributed by atoms with Crippen molar-refractivity contribution in [3.63, 3.8) is 0 Å². The maximum Gasteiger partial charge on any atom is 0.336 e. The Kier molecular flexibility index (Phi) is 5.26. The van der Waals surface area contributed by atoms with E-state index < -0.39 is 26.6 Å². The molecule has 11 heteroatoms. The van der Waals surface area contributed by atoms with Crippen molar-refractivity contribution in [3.8, 4) is 0 Å². The van der Waals surface area contributed by atoms with Crippen LogP contribution in [0.2, 0.25) is 0 Å². The van der Waals surface area contributed by atoms with Gasteiger partial charge in [-0.25, -0.2) is 13.2 Å². The van der Waals surface area contributed by atoms with Gasteiger partial charge in [0.1, 0.15) is 5.69 Å². The molecule has 0 amide bonds. The molecule has 0 aliphatic rings. The number of benzene rings is 2. The fourth-order valence-electron chi connectivity index (χ4n) is 1.79. The summed E-state index contributed by atoms with van der Waals surface area (Å²) in [5, 5.41) is 20.1. The van der Waals surface area contributed by atoms with Crippen molar-refractivity contribution in [2.45, 2.75) is 4.90 Å². The number of carboxylic acid groups (broad SMARTS) is 1. The average Bonchev–Trinajstić information content (AvgIpc) is 2.46. The quantitative estimate of drug-likeness (QED) is 0.498. The smallest absolute Gasteiger partial charge is 0.336 e. The van der Waals surface area contributed by atoms with Crippen LogP contribution in [0.4, 0.5) is 11.4 Å². The van der Waals surface area contributed by atoms with Crippen LogP contribution in [-0.2, 0) is 10.0 Å². The summed E-state index contributed by atoms with van der Waals surface area (Å²) in [6.07, 6.45) is 0. The molecule has 0 bridgehead atoms. The molecule has 24 heavy (non-hydrogen) atoms. The van der Waals surface area contributed by atoms with Crippen LogP contribution in [0.25, 0.3) is 0 Å². The fraction of sp³-hybridized carbons (Fsp3) is 0. The Morgan fingerprint density at radius 1 is 1.17 bits per heavy atom. The van der Waals surface area contributed by atoms with Gasteiger partial charge in [0.2, 0.25) is 0 Å². The molecule has 126 valence electrons. The number of nitrogens with one attached hydrogen (secondary N) is 1. The first-order valence-corrected chi connectivity index (χ1v) is 9.18. The van der Waals surface area contributed by atoms with E-state index in [4.69, 9.17) is 5.11 Å². The molecule has 2 aromatic rings. The molecule has 2 N–H and O–H groups in total. The molecule has 8 nitrogen and oxygen atoms in total. The second-order valence-electron chi connectivity index (χ2n) is 4.47. The third-order valence-corrected chi connectivity index (χ3v) is 5.43. The lowest BCUT2D eigenvalue weighted by atomic mass is 10.2. The number of rotatable bonds is 5. The zero-order valence-electron chi connectivity index (χ0n) is 11.6. The summed E-state index contributed by atoms with van der Waals surface area (Å²) in [5.74, 6) is -1.31. The zero-order chi connectivity index (χ0) is 18.1. The molecule has 0 spiro atoms. The van der Waals surface area contributed by atoms with Crippen molar-refractivity contribution in [2.24, 2.45) is 0 Å². The highest BCUT2D eigenvalue weighted by molar-refractivity contribution is 9.10. The third kappa shape index (κ3) is 3.91. The summed E-state index contributed by atoms with van der Waals surface area (Å²) < 4.78 is 27.6. The number of anilines is 1. The molecule has 0 heterocycles. The second kappa shape index (κ2) is 6.87. The minimum Gasteiger partial charge on any atom is -0.478 e. The SMILES string of the molecule is O=C(O)c1cc(S(=O)(=O)Nc2cc(Br)ccc2[N+](=O)[O-])ccc1Br. The van der Waals surface area contributed by atoms with Crippen LogP contribution in [0.1, 0.15) is 10.4 Å². The van der Waals surface area contributed by atoms with Gasteiger partial charge in [-0.3, -0.25) is 14.8 Å². The Morgan fingerprint density at radius 2 is 1.83 bits per heavy atom. The van der Waals surface area contributed by atoms with Crippen molar-refractivity contribution in [1.29, 1.82) is 0 Å². The van der Waals surface area contributed by atoms with Crippen molar-refractivity contribution in [3.05, 3.63) is 61.0 Å². The van der Waals surface area contributed by atoms with Gasteiger partial charge in [0.25, 0.3) is 15.7 Å². The van der Waals surface area contributed by atoms with Crippen LogP contribution in [0, 0.1) is 10.1 Å². The van der Waals surface area contributed by atoms with Gasteiger partial charge in [-0.05, 0) is 46.3 Å². The number of hydrogen-bond donors (Lipinski definition) is 2. The molecule has 0 saturated heterocycles. The number of aromatic carboxylic acids is 1. The number of nitro groups is 1. The van der Waals surface area contributed by atoms with Crippen molar-refractivity contribution in [1.82, 2.24) is 0 Å². The van der Waals surface area contributed by atoms with Gasteiger partial charge in [0.05, 0.1) is 15.4 Å². The number of hydrogen-bond acceptors (Lipinski definition) is 5. The number of carbonyl (C=O) groups is 1. The Hall–Kier alpha value is -1.98. The number of nitrogens with zero attached hydrogens (tertiary/aromatic N) is 1. The van der Waals surface area contributed by atoms with Gasteiger partial charge < -0.3 is 5.11 Å². The Morgan fingerprint density at radius 3 is 2.42 bits per heavy atom. The molecule has 0 aliphatic carbocycles. The predicted molar refractivity (Wildman–Crippen MR) is 92.7 cm³/mol. The normalized spacial score (nSPS) is 11.1. The molecule has 0 fully saturated rings. The summed E-state index contributed by atoms with van der Waals surface area (Å²) in [5.41, 5.74) is -0.923. The van der Waals surface area contributed by atoms with E-state index in [9.17, 15) is 23.3 Å². The summed E-state index contributed by atoms with van der Waals surface area (Å²) >= 11 is 6.12. The van der Waals surface area contributed by atoms with Crippen molar-refractivity contribution >= 4 is 59.2 Å². The van der Waals surface area contributed by atoms with Gasteiger partial charge in [-0.2, -0.15) is 0 Å². The maximum atomic E-state index is 12.4. The summed E-state index contributed by atoms with van der Waals surface area (Å²) in [6, 6.07) is 7.20. The summed E-state index contributed by atoms with van der Waals surface area (Å²) in [4.78, 5) is 21.1. The molecule has 0 aromatic heterocycles. The standard InChI is InChI=1S/C13H8Br2N2O6S/c14-7-1-4-12(17(20)21)11(5-7)16-24(22,23)8-2-3-10(15)9(6-8)13(18)19/h1-6,16H,(H,18,19). The van der Waals surface area contributed by atoms with Crippen molar-refractivity contribution in [2.75, 3.05) is 4.72 Å². The number of sulfonamides is 1. The average molecular weight is 480 g/mol. The van der Waals surface area contributed by atoms with E-state index in [1.807, 2.05) is 0 Å². The first kappa shape index (κ1) is 18.4. The Bertz CT molecular complexity index is 945. The van der Waals surface area contributed by atoms with Crippen molar-refractivity contribution < 1.29 is 23.2 Å². The molecule has 0 saturated carbocycles. The van der Waals surface area contributed by atoms with Crippen LogP contribution < -0.4 is 4.72 Å². The minimum atomic E-state index is -4.22. The van der Waals surface area contributed by atoms with Crippen LogP contribution in [-0.4, -0.2) is 24.4 Å². The topological polar surface area (TPSA) is 127 Å². The van der Waals surface area contributed by atoms with Gasteiger partial charge in [0.15, 0.2) is 0 Å². The lowest BCUT2D eigenvalue weighted by Crippen LogP contribution is -2.15. The Balaban J connectivity index is 2.50. The summed E-state index contributed by atoms with van der Waals surface area (Å²) in [6.45, 7) is 0. The van der Waals surface area contributed by atoms with Gasteiger partial charge in [-0.1, -0.05) is 15.9 Å². The highest BCUT2D eigenvalue weighted by atomic mass is 79.9. The lowest BCUT2D eigenvalue weighted by molar-refractivity contribution is -0.383. The fourth-order valence-corrected chi connectivity index (χ4v) is 3.66. The number of carboxylic acids is 1. The van der Waals surface area contributed by atoms with Crippen LogP contribution >= 0.6 is 31.9 Å². The largest absolute Gasteiger partial charge is 0.478 e. The van der Waals surface area contributed by atoms with Gasteiger partial charge in [-0.15, -0.1) is 0 Å². The van der Waals surface area contributed by atoms with Crippen LogP contribution in [0.5, 0.6) is 0 Å². The number of halogens is 2. The molecular formula is C13H8Br2N2O6S. The lowest BCUT2D eigenvalue weighted by Gasteiger charge is -2.10. The predicted octanol–water partition coefficient (Wildman–Crippen LogP) is 3.62.